The highest BCUT2D eigenvalue weighted by atomic mass is 16.5. The number of carbonyl (C=O) groups is 1. The van der Waals surface area contributed by atoms with Gasteiger partial charge in [0.1, 0.15) is 0 Å². The second kappa shape index (κ2) is 8.50. The van der Waals surface area contributed by atoms with Crippen LogP contribution in [0.3, 0.4) is 0 Å². The highest BCUT2D eigenvalue weighted by Crippen LogP contribution is 1.95. The van der Waals surface area contributed by atoms with Crippen molar-refractivity contribution in [2.24, 2.45) is 0 Å². The molecule has 5 heteroatoms. The van der Waals surface area contributed by atoms with Crippen LogP contribution in [0.1, 0.15) is 19.3 Å². The number of carboxylic acids is 1. The van der Waals surface area contributed by atoms with E-state index in [2.05, 4.69) is 10.2 Å². The molecule has 1 aliphatic rings. The Labute approximate surface area is 96.8 Å². The van der Waals surface area contributed by atoms with Crippen molar-refractivity contribution in [3.63, 3.8) is 0 Å². The van der Waals surface area contributed by atoms with Crippen LogP contribution in [0, 0.1) is 0 Å². The fourth-order valence-corrected chi connectivity index (χ4v) is 1.71. The average molecular weight is 230 g/mol. The summed E-state index contributed by atoms with van der Waals surface area (Å²) in [5, 5.41) is 11.8. The van der Waals surface area contributed by atoms with Crippen molar-refractivity contribution >= 4 is 5.97 Å². The van der Waals surface area contributed by atoms with Gasteiger partial charge in [-0.15, -0.1) is 0 Å². The molecule has 5 nitrogen and oxygen atoms in total. The summed E-state index contributed by atoms with van der Waals surface area (Å²) in [6.45, 7) is 6.70. The third kappa shape index (κ3) is 6.76. The predicted octanol–water partition coefficient (Wildman–Crippen LogP) is 0.163. The lowest BCUT2D eigenvalue weighted by Gasteiger charge is -2.26. The third-order valence-electron chi connectivity index (χ3n) is 2.70. The summed E-state index contributed by atoms with van der Waals surface area (Å²) < 4.78 is 5.26. The Morgan fingerprint density at radius 3 is 2.69 bits per heavy atom. The Balaban J connectivity index is 1.82. The summed E-state index contributed by atoms with van der Waals surface area (Å²) in [4.78, 5) is 12.6. The van der Waals surface area contributed by atoms with E-state index in [1.807, 2.05) is 0 Å². The third-order valence-corrected chi connectivity index (χ3v) is 2.70. The van der Waals surface area contributed by atoms with Crippen LogP contribution in [-0.4, -0.2) is 61.9 Å². The quantitative estimate of drug-likeness (QED) is 0.582. The van der Waals surface area contributed by atoms with Crippen molar-refractivity contribution in [1.29, 1.82) is 0 Å². The van der Waals surface area contributed by atoms with Crippen LogP contribution < -0.4 is 5.32 Å². The number of hydrogen-bond donors (Lipinski definition) is 2. The van der Waals surface area contributed by atoms with Gasteiger partial charge in [0, 0.05) is 32.6 Å². The molecule has 1 rings (SSSR count). The zero-order valence-corrected chi connectivity index (χ0v) is 9.78. The van der Waals surface area contributed by atoms with Gasteiger partial charge in [0.05, 0.1) is 13.2 Å². The highest BCUT2D eigenvalue weighted by molar-refractivity contribution is 5.66. The van der Waals surface area contributed by atoms with E-state index in [-0.39, 0.29) is 6.42 Å². The first-order chi connectivity index (χ1) is 7.79. The number of hydrogen-bond acceptors (Lipinski definition) is 4. The van der Waals surface area contributed by atoms with Gasteiger partial charge in [-0.2, -0.15) is 0 Å². The molecule has 0 aromatic carbocycles. The van der Waals surface area contributed by atoms with Gasteiger partial charge < -0.3 is 15.2 Å². The number of morpholine rings is 1. The van der Waals surface area contributed by atoms with E-state index in [0.29, 0.717) is 0 Å². The number of nitrogens with zero attached hydrogens (tertiary/aromatic N) is 1. The monoisotopic (exact) mass is 230 g/mol. The molecule has 1 saturated heterocycles. The second-order valence-electron chi connectivity index (χ2n) is 4.05. The summed E-state index contributed by atoms with van der Waals surface area (Å²) in [5.41, 5.74) is 0. The Morgan fingerprint density at radius 1 is 1.25 bits per heavy atom. The van der Waals surface area contributed by atoms with Gasteiger partial charge >= 0.3 is 5.97 Å². The zero-order valence-electron chi connectivity index (χ0n) is 9.78. The molecule has 0 unspecified atom stereocenters. The normalized spacial score (nSPS) is 17.5. The van der Waals surface area contributed by atoms with Gasteiger partial charge in [-0.3, -0.25) is 9.69 Å². The maximum absolute atomic E-state index is 10.3. The average Bonchev–Trinajstić information content (AvgIpc) is 2.29. The maximum atomic E-state index is 10.3. The SMILES string of the molecule is O=C(O)CCCCNCCN1CCOCC1. The van der Waals surface area contributed by atoms with Crippen molar-refractivity contribution in [2.45, 2.75) is 19.3 Å². The molecule has 0 spiro atoms. The lowest BCUT2D eigenvalue weighted by molar-refractivity contribution is -0.137. The Hall–Kier alpha value is -0.650. The number of rotatable bonds is 8. The van der Waals surface area contributed by atoms with E-state index in [1.165, 1.54) is 0 Å². The maximum Gasteiger partial charge on any atom is 0.303 e. The van der Waals surface area contributed by atoms with E-state index in [0.717, 1.165) is 58.8 Å². The van der Waals surface area contributed by atoms with Crippen LogP contribution in [0.25, 0.3) is 0 Å². The van der Waals surface area contributed by atoms with Crippen LogP contribution in [0.2, 0.25) is 0 Å². The molecule has 0 saturated carbocycles. The van der Waals surface area contributed by atoms with E-state index in [4.69, 9.17) is 9.84 Å². The van der Waals surface area contributed by atoms with Crippen molar-refractivity contribution in [3.8, 4) is 0 Å². The molecule has 1 aliphatic heterocycles. The molecule has 1 heterocycles. The first kappa shape index (κ1) is 13.4. The van der Waals surface area contributed by atoms with Gasteiger partial charge in [0.25, 0.3) is 0 Å². The standard InChI is InChI=1S/C11H22N2O3/c14-11(15)3-1-2-4-12-5-6-13-7-9-16-10-8-13/h12H,1-10H2,(H,14,15). The van der Waals surface area contributed by atoms with Crippen LogP contribution in [0.5, 0.6) is 0 Å². The van der Waals surface area contributed by atoms with Crippen LogP contribution in [-0.2, 0) is 9.53 Å². The van der Waals surface area contributed by atoms with E-state index in [9.17, 15) is 4.79 Å². The predicted molar refractivity (Wildman–Crippen MR) is 61.6 cm³/mol. The summed E-state index contributed by atoms with van der Waals surface area (Å²) >= 11 is 0. The smallest absolute Gasteiger partial charge is 0.303 e. The van der Waals surface area contributed by atoms with Crippen molar-refractivity contribution in [1.82, 2.24) is 10.2 Å². The van der Waals surface area contributed by atoms with Crippen LogP contribution in [0.4, 0.5) is 0 Å². The number of carboxylic acid groups (broad SMARTS) is 1. The second-order valence-corrected chi connectivity index (χ2v) is 4.05. The molecule has 0 aromatic rings. The highest BCUT2D eigenvalue weighted by Gasteiger charge is 2.08. The Morgan fingerprint density at radius 2 is 2.00 bits per heavy atom. The lowest BCUT2D eigenvalue weighted by atomic mass is 10.2. The number of aliphatic carboxylic acids is 1. The molecule has 0 atom stereocenters. The van der Waals surface area contributed by atoms with Crippen molar-refractivity contribution < 1.29 is 14.6 Å². The van der Waals surface area contributed by atoms with E-state index < -0.39 is 5.97 Å². The molecule has 1 fully saturated rings. The minimum atomic E-state index is -0.701. The van der Waals surface area contributed by atoms with Crippen molar-refractivity contribution in [3.05, 3.63) is 0 Å². The zero-order chi connectivity index (χ0) is 11.6. The van der Waals surface area contributed by atoms with Gasteiger partial charge in [-0.1, -0.05) is 0 Å². The van der Waals surface area contributed by atoms with Gasteiger partial charge in [0.2, 0.25) is 0 Å². The fraction of sp³-hybridized carbons (Fsp3) is 0.909. The van der Waals surface area contributed by atoms with Crippen LogP contribution >= 0.6 is 0 Å². The van der Waals surface area contributed by atoms with Gasteiger partial charge in [-0.25, -0.2) is 0 Å². The number of unbranched alkanes of at least 4 members (excludes halogenated alkanes) is 1. The first-order valence-electron chi connectivity index (χ1n) is 6.01. The summed E-state index contributed by atoms with van der Waals surface area (Å²) in [5.74, 6) is -0.701. The molecule has 0 aromatic heterocycles. The minimum Gasteiger partial charge on any atom is -0.481 e. The van der Waals surface area contributed by atoms with E-state index in [1.54, 1.807) is 0 Å². The summed E-state index contributed by atoms with van der Waals surface area (Å²) in [6.07, 6.45) is 1.99. The fourth-order valence-electron chi connectivity index (χ4n) is 1.71. The molecule has 0 amide bonds. The Bertz CT molecular complexity index is 194. The molecular weight excluding hydrogens is 208 g/mol. The lowest BCUT2D eigenvalue weighted by Crippen LogP contribution is -2.40. The largest absolute Gasteiger partial charge is 0.481 e. The molecule has 0 radical (unpaired) electrons. The van der Waals surface area contributed by atoms with E-state index >= 15 is 0 Å². The topological polar surface area (TPSA) is 61.8 Å². The number of nitrogens with one attached hydrogen (secondary N) is 1. The number of ether oxygens (including phenoxy) is 1. The first-order valence-corrected chi connectivity index (χ1v) is 6.01. The summed E-state index contributed by atoms with van der Waals surface area (Å²) in [7, 11) is 0. The van der Waals surface area contributed by atoms with Gasteiger partial charge in [-0.05, 0) is 19.4 Å². The van der Waals surface area contributed by atoms with Crippen LogP contribution in [0.15, 0.2) is 0 Å². The molecule has 2 N–H and O–H groups in total. The van der Waals surface area contributed by atoms with Gasteiger partial charge in [0.15, 0.2) is 0 Å². The molecule has 0 aliphatic carbocycles. The Kier molecular flexibility index (Phi) is 7.12. The molecule has 94 valence electrons. The molecule has 16 heavy (non-hydrogen) atoms. The molecule has 0 bridgehead atoms. The molecular formula is C11H22N2O3. The minimum absolute atomic E-state index is 0.283. The summed E-state index contributed by atoms with van der Waals surface area (Å²) in [6, 6.07) is 0. The van der Waals surface area contributed by atoms with Crippen molar-refractivity contribution in [2.75, 3.05) is 45.9 Å².